The first-order valence-corrected chi connectivity index (χ1v) is 12.5. The molecule has 1 heterocycles. The fourth-order valence-electron chi connectivity index (χ4n) is 4.16. The van der Waals surface area contributed by atoms with E-state index in [0.29, 0.717) is 25.1 Å². The van der Waals surface area contributed by atoms with Gasteiger partial charge in [-0.1, -0.05) is 40.2 Å². The number of unbranched alkanes of at least 4 members (excludes halogenated alkanes) is 1. The first-order chi connectivity index (χ1) is 16.5. The minimum atomic E-state index is -0.0764. The Morgan fingerprint density at radius 1 is 1.00 bits per heavy atom. The molecule has 5 nitrogen and oxygen atoms in total. The van der Waals surface area contributed by atoms with E-state index in [0.717, 1.165) is 46.5 Å². The normalized spacial score (nSPS) is 11.0. The molecule has 0 fully saturated rings. The topological polar surface area (TPSA) is 56.1 Å². The molecule has 1 amide bonds. The monoisotopic (exact) mass is 519 g/mol. The molecule has 34 heavy (non-hydrogen) atoms. The van der Waals surface area contributed by atoms with Crippen LogP contribution in [0.2, 0.25) is 0 Å². The number of fused-ring (bicyclic) bond motifs is 1. The Labute approximate surface area is 209 Å². The van der Waals surface area contributed by atoms with Crippen LogP contribution in [0.15, 0.2) is 71.2 Å². The lowest BCUT2D eigenvalue weighted by Gasteiger charge is -2.11. The van der Waals surface area contributed by atoms with Gasteiger partial charge in [-0.15, -0.1) is 0 Å². The van der Waals surface area contributed by atoms with E-state index in [2.05, 4.69) is 63.9 Å². The summed E-state index contributed by atoms with van der Waals surface area (Å²) in [6.07, 6.45) is 2.62. The van der Waals surface area contributed by atoms with Crippen LogP contribution in [0.5, 0.6) is 5.75 Å². The number of rotatable bonds is 10. The number of ether oxygens (including phenoxy) is 1. The van der Waals surface area contributed by atoms with Crippen LogP contribution in [0.3, 0.4) is 0 Å². The molecule has 0 aliphatic carbocycles. The molecule has 4 rings (SSSR count). The first-order valence-electron chi connectivity index (χ1n) is 11.7. The third-order valence-corrected chi connectivity index (χ3v) is 6.19. The molecule has 0 bridgehead atoms. The van der Waals surface area contributed by atoms with Crippen molar-refractivity contribution < 1.29 is 9.53 Å². The number of nitrogens with one attached hydrogen (secondary N) is 1. The molecule has 1 aromatic heterocycles. The summed E-state index contributed by atoms with van der Waals surface area (Å²) < 4.78 is 9.14. The molecule has 0 aliphatic heterocycles. The van der Waals surface area contributed by atoms with E-state index in [9.17, 15) is 4.79 Å². The Kier molecular flexibility index (Phi) is 8.01. The van der Waals surface area contributed by atoms with Gasteiger partial charge in [0.15, 0.2) is 0 Å². The van der Waals surface area contributed by atoms with Crippen LogP contribution in [-0.2, 0) is 13.0 Å². The summed E-state index contributed by atoms with van der Waals surface area (Å²) in [6, 6.07) is 21.9. The van der Waals surface area contributed by atoms with Crippen LogP contribution in [0.4, 0.5) is 0 Å². The Morgan fingerprint density at radius 3 is 2.59 bits per heavy atom. The van der Waals surface area contributed by atoms with Crippen molar-refractivity contribution in [3.63, 3.8) is 0 Å². The second-order valence-corrected chi connectivity index (χ2v) is 9.48. The molecule has 0 saturated heterocycles. The maximum absolute atomic E-state index is 12.5. The van der Waals surface area contributed by atoms with Crippen LogP contribution in [0.25, 0.3) is 11.0 Å². The van der Waals surface area contributed by atoms with Crippen LogP contribution >= 0.6 is 15.9 Å². The number of aromatic nitrogens is 2. The third-order valence-electron chi connectivity index (χ3n) is 5.69. The molecule has 1 N–H and O–H groups in total. The third kappa shape index (κ3) is 6.26. The van der Waals surface area contributed by atoms with Gasteiger partial charge in [0, 0.05) is 29.5 Å². The number of carbonyl (C=O) groups excluding carboxylic acids is 1. The fourth-order valence-corrected chi connectivity index (χ4v) is 4.56. The zero-order valence-corrected chi connectivity index (χ0v) is 21.3. The van der Waals surface area contributed by atoms with Gasteiger partial charge in [-0.2, -0.15) is 0 Å². The van der Waals surface area contributed by atoms with Crippen molar-refractivity contribution in [2.75, 3.05) is 13.2 Å². The van der Waals surface area contributed by atoms with E-state index in [1.54, 1.807) is 0 Å². The summed E-state index contributed by atoms with van der Waals surface area (Å²) in [5, 5.41) is 3.02. The summed E-state index contributed by atoms with van der Waals surface area (Å²) in [4.78, 5) is 17.3. The Morgan fingerprint density at radius 2 is 1.79 bits per heavy atom. The number of para-hydroxylation sites is 2. The van der Waals surface area contributed by atoms with Crippen LogP contribution in [0, 0.1) is 13.8 Å². The van der Waals surface area contributed by atoms with Crippen molar-refractivity contribution in [3.8, 4) is 5.75 Å². The van der Waals surface area contributed by atoms with Gasteiger partial charge < -0.3 is 14.6 Å². The predicted octanol–water partition coefficient (Wildman–Crippen LogP) is 6.25. The molecule has 0 atom stereocenters. The lowest BCUT2D eigenvalue weighted by atomic mass is 10.1. The molecular formula is C28H30BrN3O2. The number of aryl methyl sites for hydroxylation is 3. The molecule has 4 aromatic rings. The molecule has 0 spiro atoms. The number of hydrogen-bond acceptors (Lipinski definition) is 3. The summed E-state index contributed by atoms with van der Waals surface area (Å²) >= 11 is 3.42. The standard InChI is InChI=1S/C28H30BrN3O2/c1-20-16-21(2)18-24(17-20)34-15-6-5-14-32-26-11-4-3-10-25(26)31-27(32)12-13-30-28(33)22-8-7-9-23(29)19-22/h3-4,7-11,16-19H,5-6,12-15H2,1-2H3,(H,30,33). The number of carbonyl (C=O) groups is 1. The minimum Gasteiger partial charge on any atom is -0.494 e. The summed E-state index contributed by atoms with van der Waals surface area (Å²) in [5.41, 5.74) is 5.20. The van der Waals surface area contributed by atoms with E-state index >= 15 is 0 Å². The highest BCUT2D eigenvalue weighted by Gasteiger charge is 2.11. The van der Waals surface area contributed by atoms with Crippen LogP contribution < -0.4 is 10.1 Å². The smallest absolute Gasteiger partial charge is 0.251 e. The summed E-state index contributed by atoms with van der Waals surface area (Å²) in [5.74, 6) is 1.85. The highest BCUT2D eigenvalue weighted by molar-refractivity contribution is 9.10. The molecule has 3 aromatic carbocycles. The van der Waals surface area contributed by atoms with Crippen LogP contribution in [-0.4, -0.2) is 28.6 Å². The van der Waals surface area contributed by atoms with Gasteiger partial charge in [0.2, 0.25) is 0 Å². The van der Waals surface area contributed by atoms with E-state index in [1.807, 2.05) is 42.5 Å². The van der Waals surface area contributed by atoms with E-state index < -0.39 is 0 Å². The number of benzene rings is 3. The number of halogens is 1. The maximum Gasteiger partial charge on any atom is 0.251 e. The average molecular weight is 520 g/mol. The van der Waals surface area contributed by atoms with Gasteiger partial charge in [-0.05, 0) is 80.3 Å². The summed E-state index contributed by atoms with van der Waals surface area (Å²) in [6.45, 7) is 6.27. The Bertz CT molecular complexity index is 1260. The number of nitrogens with zero attached hydrogens (tertiary/aromatic N) is 2. The fraction of sp³-hybridized carbons (Fsp3) is 0.286. The zero-order chi connectivity index (χ0) is 23.9. The number of amides is 1. The summed E-state index contributed by atoms with van der Waals surface area (Å²) in [7, 11) is 0. The highest BCUT2D eigenvalue weighted by Crippen LogP contribution is 2.19. The Balaban J connectivity index is 1.33. The molecule has 0 radical (unpaired) electrons. The quantitative estimate of drug-likeness (QED) is 0.252. The van der Waals surface area contributed by atoms with Crippen molar-refractivity contribution >= 4 is 32.9 Å². The second kappa shape index (κ2) is 11.3. The molecule has 176 valence electrons. The average Bonchev–Trinajstić information content (AvgIpc) is 3.15. The van der Waals surface area contributed by atoms with Crippen molar-refractivity contribution in [2.24, 2.45) is 0 Å². The molecular weight excluding hydrogens is 490 g/mol. The van der Waals surface area contributed by atoms with Crippen molar-refractivity contribution in [1.82, 2.24) is 14.9 Å². The molecule has 0 aliphatic rings. The number of imidazole rings is 1. The second-order valence-electron chi connectivity index (χ2n) is 8.56. The SMILES string of the molecule is Cc1cc(C)cc(OCCCCn2c(CCNC(=O)c3cccc(Br)c3)nc3ccccc32)c1. The van der Waals surface area contributed by atoms with Gasteiger partial charge in [0.25, 0.3) is 5.91 Å². The lowest BCUT2D eigenvalue weighted by molar-refractivity contribution is 0.0954. The number of hydrogen-bond donors (Lipinski definition) is 1. The van der Waals surface area contributed by atoms with Crippen molar-refractivity contribution in [1.29, 1.82) is 0 Å². The maximum atomic E-state index is 12.5. The predicted molar refractivity (Wildman–Crippen MR) is 141 cm³/mol. The van der Waals surface area contributed by atoms with Gasteiger partial charge >= 0.3 is 0 Å². The largest absolute Gasteiger partial charge is 0.494 e. The molecule has 0 unspecified atom stereocenters. The van der Waals surface area contributed by atoms with E-state index in [1.165, 1.54) is 11.1 Å². The first kappa shape index (κ1) is 24.0. The van der Waals surface area contributed by atoms with Crippen molar-refractivity contribution in [3.05, 3.63) is 93.7 Å². The molecule has 0 saturated carbocycles. The highest BCUT2D eigenvalue weighted by atomic mass is 79.9. The van der Waals surface area contributed by atoms with Gasteiger partial charge in [-0.3, -0.25) is 4.79 Å². The van der Waals surface area contributed by atoms with E-state index in [-0.39, 0.29) is 5.91 Å². The van der Waals surface area contributed by atoms with Gasteiger partial charge in [0.05, 0.1) is 17.6 Å². The van der Waals surface area contributed by atoms with Gasteiger partial charge in [0.1, 0.15) is 11.6 Å². The van der Waals surface area contributed by atoms with Crippen LogP contribution in [0.1, 0.15) is 40.2 Å². The molecule has 6 heteroatoms. The van der Waals surface area contributed by atoms with Crippen molar-refractivity contribution in [2.45, 2.75) is 39.7 Å². The lowest BCUT2D eigenvalue weighted by Crippen LogP contribution is -2.26. The Hall–Kier alpha value is -3.12. The van der Waals surface area contributed by atoms with E-state index in [4.69, 9.17) is 9.72 Å². The zero-order valence-electron chi connectivity index (χ0n) is 19.7. The van der Waals surface area contributed by atoms with Gasteiger partial charge in [-0.25, -0.2) is 4.98 Å². The minimum absolute atomic E-state index is 0.0764.